The number of carbonyl (C=O) groups is 2. The molecule has 0 saturated carbocycles. The van der Waals surface area contributed by atoms with Gasteiger partial charge in [-0.15, -0.1) is 0 Å². The molecule has 154 valence electrons. The molecule has 1 aromatic heterocycles. The van der Waals surface area contributed by atoms with Crippen molar-refractivity contribution in [3.8, 4) is 23.2 Å². The Kier molecular flexibility index (Phi) is 5.11. The molecule has 1 aromatic carbocycles. The fraction of sp³-hybridized carbons (Fsp3) is 0.333. The van der Waals surface area contributed by atoms with Crippen molar-refractivity contribution in [2.75, 3.05) is 32.1 Å². The Balaban J connectivity index is 1.61. The monoisotopic (exact) mass is 407 g/mol. The van der Waals surface area contributed by atoms with E-state index in [0.29, 0.717) is 42.4 Å². The lowest BCUT2D eigenvalue weighted by atomic mass is 10.0. The molecule has 0 bridgehead atoms. The number of likely N-dealkylation sites (N-methyl/N-ethyl adjacent to an activating group) is 1. The molecule has 0 radical (unpaired) electrons. The van der Waals surface area contributed by atoms with E-state index in [-0.39, 0.29) is 18.2 Å². The van der Waals surface area contributed by atoms with E-state index in [0.717, 1.165) is 0 Å². The number of rotatable bonds is 4. The number of aromatic nitrogens is 2. The molecule has 9 nitrogen and oxygen atoms in total. The molecule has 4 N–H and O–H groups in total. The molecule has 9 heteroatoms. The van der Waals surface area contributed by atoms with Crippen LogP contribution in [0, 0.1) is 11.8 Å². The van der Waals surface area contributed by atoms with E-state index in [1.54, 1.807) is 31.3 Å². The number of amides is 2. The standard InChI is InChI=1S/C21H21N5O4/c1-26-8-7-21(29,20(26)28)6-5-13-3-2-4-14(9-13)19-23-10-16(17(25-19)18(22)27)24-15-11-30-12-15/h2-4,9-10,15,24,29H,7-8,11-12H2,1H3,(H2,22,27). The number of ether oxygens (including phenoxy) is 1. The Hall–Kier alpha value is -3.48. The maximum Gasteiger partial charge on any atom is 0.269 e. The van der Waals surface area contributed by atoms with Gasteiger partial charge in [0.2, 0.25) is 5.60 Å². The summed E-state index contributed by atoms with van der Waals surface area (Å²) >= 11 is 0. The molecular weight excluding hydrogens is 386 g/mol. The number of hydrogen-bond acceptors (Lipinski definition) is 7. The summed E-state index contributed by atoms with van der Waals surface area (Å²) in [7, 11) is 1.63. The number of benzene rings is 1. The van der Waals surface area contributed by atoms with Crippen molar-refractivity contribution in [3.63, 3.8) is 0 Å². The molecule has 2 aliphatic heterocycles. The van der Waals surface area contributed by atoms with E-state index in [1.165, 1.54) is 11.1 Å². The van der Waals surface area contributed by atoms with Crippen LogP contribution in [0.25, 0.3) is 11.4 Å². The number of primary amides is 1. The summed E-state index contributed by atoms with van der Waals surface area (Å²) in [4.78, 5) is 34.1. The van der Waals surface area contributed by atoms with Crippen molar-refractivity contribution >= 4 is 17.5 Å². The Morgan fingerprint density at radius 2 is 2.23 bits per heavy atom. The van der Waals surface area contributed by atoms with E-state index in [4.69, 9.17) is 10.5 Å². The van der Waals surface area contributed by atoms with Gasteiger partial charge in [-0.05, 0) is 12.1 Å². The third-order valence-corrected chi connectivity index (χ3v) is 5.06. The number of nitrogens with two attached hydrogens (primary N) is 1. The largest absolute Gasteiger partial charge is 0.377 e. The second kappa shape index (κ2) is 7.74. The van der Waals surface area contributed by atoms with Crippen molar-refractivity contribution in [1.29, 1.82) is 0 Å². The molecule has 1 unspecified atom stereocenters. The lowest BCUT2D eigenvalue weighted by Gasteiger charge is -2.28. The number of nitrogens with one attached hydrogen (secondary N) is 1. The summed E-state index contributed by atoms with van der Waals surface area (Å²) in [5.74, 6) is 4.79. The highest BCUT2D eigenvalue weighted by molar-refractivity contribution is 5.96. The van der Waals surface area contributed by atoms with Crippen LogP contribution in [0.4, 0.5) is 5.69 Å². The highest BCUT2D eigenvalue weighted by Gasteiger charge is 2.42. The summed E-state index contributed by atoms with van der Waals surface area (Å²) < 4.78 is 5.12. The van der Waals surface area contributed by atoms with Crippen LogP contribution in [0.5, 0.6) is 0 Å². The summed E-state index contributed by atoms with van der Waals surface area (Å²) in [6.45, 7) is 1.55. The predicted octanol–water partition coefficient (Wildman–Crippen LogP) is -0.00210. The minimum absolute atomic E-state index is 0.0947. The number of anilines is 1. The Labute approximate surface area is 173 Å². The topological polar surface area (TPSA) is 131 Å². The molecule has 2 fully saturated rings. The Morgan fingerprint density at radius 1 is 1.43 bits per heavy atom. The van der Waals surface area contributed by atoms with Crippen LogP contribution in [0.15, 0.2) is 30.5 Å². The van der Waals surface area contributed by atoms with Gasteiger partial charge in [-0.2, -0.15) is 0 Å². The molecule has 2 saturated heterocycles. The van der Waals surface area contributed by atoms with Gasteiger partial charge in [-0.1, -0.05) is 24.0 Å². The minimum atomic E-state index is -1.67. The van der Waals surface area contributed by atoms with Crippen molar-refractivity contribution in [3.05, 3.63) is 41.7 Å². The third-order valence-electron chi connectivity index (χ3n) is 5.06. The molecular formula is C21H21N5O4. The van der Waals surface area contributed by atoms with Crippen LogP contribution in [-0.4, -0.2) is 70.2 Å². The van der Waals surface area contributed by atoms with E-state index >= 15 is 0 Å². The zero-order chi connectivity index (χ0) is 21.3. The van der Waals surface area contributed by atoms with Crippen molar-refractivity contribution in [1.82, 2.24) is 14.9 Å². The fourth-order valence-corrected chi connectivity index (χ4v) is 3.23. The zero-order valence-corrected chi connectivity index (χ0v) is 16.4. The molecule has 2 aliphatic rings. The van der Waals surface area contributed by atoms with Crippen molar-refractivity contribution in [2.45, 2.75) is 18.1 Å². The second-order valence-corrected chi connectivity index (χ2v) is 7.37. The molecule has 2 amide bonds. The van der Waals surface area contributed by atoms with Gasteiger partial charge in [0.15, 0.2) is 11.5 Å². The van der Waals surface area contributed by atoms with Crippen molar-refractivity contribution in [2.24, 2.45) is 5.73 Å². The summed E-state index contributed by atoms with van der Waals surface area (Å²) in [6, 6.07) is 7.12. The normalized spacial score (nSPS) is 21.0. The van der Waals surface area contributed by atoms with Gasteiger partial charge in [0.25, 0.3) is 11.8 Å². The van der Waals surface area contributed by atoms with Gasteiger partial charge in [-0.3, -0.25) is 9.59 Å². The predicted molar refractivity (Wildman–Crippen MR) is 108 cm³/mol. The zero-order valence-electron chi connectivity index (χ0n) is 16.4. The number of aliphatic hydroxyl groups is 1. The lowest BCUT2D eigenvalue weighted by molar-refractivity contribution is -0.137. The molecule has 0 spiro atoms. The molecule has 0 aliphatic carbocycles. The molecule has 30 heavy (non-hydrogen) atoms. The fourth-order valence-electron chi connectivity index (χ4n) is 3.23. The molecule has 1 atom stereocenters. The third kappa shape index (κ3) is 3.83. The van der Waals surface area contributed by atoms with Gasteiger partial charge < -0.3 is 25.8 Å². The van der Waals surface area contributed by atoms with Crippen molar-refractivity contribution < 1.29 is 19.4 Å². The van der Waals surface area contributed by atoms with Crippen LogP contribution < -0.4 is 11.1 Å². The Morgan fingerprint density at radius 3 is 2.87 bits per heavy atom. The molecule has 3 heterocycles. The first-order chi connectivity index (χ1) is 14.4. The van der Waals surface area contributed by atoms with E-state index in [1.807, 2.05) is 0 Å². The first-order valence-electron chi connectivity index (χ1n) is 9.48. The second-order valence-electron chi connectivity index (χ2n) is 7.37. The van der Waals surface area contributed by atoms with Gasteiger partial charge in [0.1, 0.15) is 0 Å². The van der Waals surface area contributed by atoms with E-state index in [9.17, 15) is 14.7 Å². The van der Waals surface area contributed by atoms with Crippen LogP contribution in [-0.2, 0) is 9.53 Å². The Bertz CT molecular complexity index is 1070. The SMILES string of the molecule is CN1CCC(O)(C#Cc2cccc(-c3ncc(NC4COC4)c(C(N)=O)n3)c2)C1=O. The maximum absolute atomic E-state index is 12.1. The lowest BCUT2D eigenvalue weighted by Crippen LogP contribution is -2.41. The number of carbonyl (C=O) groups excluding carboxylic acids is 2. The number of hydrogen-bond donors (Lipinski definition) is 3. The summed E-state index contributed by atoms with van der Waals surface area (Å²) in [5, 5.41) is 13.6. The quantitative estimate of drug-likeness (QED) is 0.608. The van der Waals surface area contributed by atoms with Gasteiger partial charge >= 0.3 is 0 Å². The summed E-state index contributed by atoms with van der Waals surface area (Å²) in [5.41, 5.74) is 5.60. The molecule has 4 rings (SSSR count). The van der Waals surface area contributed by atoms with Crippen LogP contribution in [0.3, 0.4) is 0 Å². The average molecular weight is 407 g/mol. The number of likely N-dealkylation sites (tertiary alicyclic amines) is 1. The van der Waals surface area contributed by atoms with E-state index in [2.05, 4.69) is 27.1 Å². The first kappa shape index (κ1) is 19.8. The highest BCUT2D eigenvalue weighted by Crippen LogP contribution is 2.23. The smallest absolute Gasteiger partial charge is 0.269 e. The highest BCUT2D eigenvalue weighted by atomic mass is 16.5. The van der Waals surface area contributed by atoms with Gasteiger partial charge in [0, 0.05) is 31.1 Å². The van der Waals surface area contributed by atoms with Crippen LogP contribution in [0.2, 0.25) is 0 Å². The first-order valence-corrected chi connectivity index (χ1v) is 9.48. The minimum Gasteiger partial charge on any atom is -0.377 e. The van der Waals surface area contributed by atoms with Crippen LogP contribution in [0.1, 0.15) is 22.5 Å². The average Bonchev–Trinajstić information content (AvgIpc) is 2.97. The van der Waals surface area contributed by atoms with Gasteiger partial charge in [-0.25, -0.2) is 9.97 Å². The molecule has 2 aromatic rings. The number of nitrogens with zero attached hydrogens (tertiary/aromatic N) is 3. The van der Waals surface area contributed by atoms with Crippen LogP contribution >= 0.6 is 0 Å². The maximum atomic E-state index is 12.1. The van der Waals surface area contributed by atoms with Gasteiger partial charge in [0.05, 0.1) is 31.1 Å². The summed E-state index contributed by atoms with van der Waals surface area (Å²) in [6.07, 6.45) is 1.79. The van der Waals surface area contributed by atoms with E-state index < -0.39 is 17.4 Å².